The van der Waals surface area contributed by atoms with Gasteiger partial charge < -0.3 is 15.5 Å². The molecule has 4 aromatic rings. The van der Waals surface area contributed by atoms with Crippen LogP contribution in [0.5, 0.6) is 0 Å². The van der Waals surface area contributed by atoms with E-state index in [-0.39, 0.29) is 5.54 Å². The van der Waals surface area contributed by atoms with Crippen molar-refractivity contribution in [2.75, 3.05) is 5.32 Å². The van der Waals surface area contributed by atoms with Gasteiger partial charge in [0.1, 0.15) is 17.5 Å². The number of fused-ring (bicyclic) bond motifs is 1. The van der Waals surface area contributed by atoms with Gasteiger partial charge in [-0.1, -0.05) is 6.07 Å². The molecule has 10 heteroatoms. The van der Waals surface area contributed by atoms with Gasteiger partial charge in [-0.25, -0.2) is 28.3 Å². The van der Waals surface area contributed by atoms with Crippen molar-refractivity contribution in [1.82, 2.24) is 15.0 Å². The fourth-order valence-corrected chi connectivity index (χ4v) is 3.24. The second kappa shape index (κ2) is 11.3. The first-order valence-corrected chi connectivity index (χ1v) is 11.0. The molecule has 0 fully saturated rings. The predicted molar refractivity (Wildman–Crippen MR) is 136 cm³/mol. The topological polar surface area (TPSA) is 125 Å². The maximum atomic E-state index is 14.3. The quantitative estimate of drug-likeness (QED) is 0.301. The van der Waals surface area contributed by atoms with Crippen molar-refractivity contribution in [3.05, 3.63) is 84.7 Å². The number of pyridine rings is 1. The van der Waals surface area contributed by atoms with E-state index in [4.69, 9.17) is 15.2 Å². The maximum absolute atomic E-state index is 14.3. The van der Waals surface area contributed by atoms with Crippen molar-refractivity contribution in [3.8, 4) is 22.5 Å². The van der Waals surface area contributed by atoms with Crippen LogP contribution in [0.4, 0.5) is 14.6 Å². The number of rotatable bonds is 5. The summed E-state index contributed by atoms with van der Waals surface area (Å²) in [5.74, 6) is -2.53. The lowest BCUT2D eigenvalue weighted by Crippen LogP contribution is -2.27. The minimum Gasteiger partial charge on any atom is -0.478 e. The van der Waals surface area contributed by atoms with E-state index in [1.165, 1.54) is 12.1 Å². The van der Waals surface area contributed by atoms with Gasteiger partial charge in [0, 0.05) is 52.7 Å². The molecule has 0 spiro atoms. The number of carboxylic acids is 2. The minimum atomic E-state index is -1.26. The van der Waals surface area contributed by atoms with Gasteiger partial charge in [-0.2, -0.15) is 0 Å². The molecule has 4 rings (SSSR count). The Labute approximate surface area is 211 Å². The number of aromatic nitrogens is 3. The van der Waals surface area contributed by atoms with Crippen LogP contribution in [-0.2, 0) is 9.59 Å². The van der Waals surface area contributed by atoms with E-state index in [0.29, 0.717) is 34.9 Å². The summed E-state index contributed by atoms with van der Waals surface area (Å²) in [6, 6.07) is 12.7. The van der Waals surface area contributed by atoms with Crippen molar-refractivity contribution in [2.24, 2.45) is 0 Å². The number of hydrogen-bond donors (Lipinski definition) is 3. The molecule has 0 radical (unpaired) electrons. The summed E-state index contributed by atoms with van der Waals surface area (Å²) >= 11 is 0. The first-order valence-electron chi connectivity index (χ1n) is 11.0. The van der Waals surface area contributed by atoms with Crippen LogP contribution in [-0.4, -0.2) is 42.6 Å². The summed E-state index contributed by atoms with van der Waals surface area (Å²) in [7, 11) is 0. The molecule has 2 aromatic heterocycles. The molecular formula is C27H24F2N4O4. The third-order valence-electron chi connectivity index (χ3n) is 4.72. The van der Waals surface area contributed by atoms with Crippen LogP contribution in [0.2, 0.25) is 0 Å². The van der Waals surface area contributed by atoms with Crippen molar-refractivity contribution in [2.45, 2.75) is 26.3 Å². The van der Waals surface area contributed by atoms with Crippen molar-refractivity contribution >= 4 is 28.7 Å². The second-order valence-corrected chi connectivity index (χ2v) is 8.88. The van der Waals surface area contributed by atoms with E-state index in [1.807, 2.05) is 45.0 Å². The minimum absolute atomic E-state index is 0.245. The smallest absolute Gasteiger partial charge is 0.328 e. The fraction of sp³-hybridized carbons (Fsp3) is 0.148. The van der Waals surface area contributed by atoms with Crippen LogP contribution in [0.3, 0.4) is 0 Å². The number of halogens is 2. The number of carboxylic acid groups (broad SMARTS) is 2. The summed E-state index contributed by atoms with van der Waals surface area (Å²) in [5, 5.41) is 19.8. The number of carbonyl (C=O) groups is 2. The molecule has 2 aromatic carbocycles. The second-order valence-electron chi connectivity index (χ2n) is 8.88. The number of aliphatic carboxylic acids is 2. The third-order valence-corrected chi connectivity index (χ3v) is 4.72. The number of anilines is 1. The van der Waals surface area contributed by atoms with Crippen LogP contribution in [0.1, 0.15) is 20.8 Å². The predicted octanol–water partition coefficient (Wildman–Crippen LogP) is 5.56. The molecule has 2 heterocycles. The first-order chi connectivity index (χ1) is 17.4. The van der Waals surface area contributed by atoms with E-state index in [1.54, 1.807) is 18.5 Å². The van der Waals surface area contributed by atoms with Gasteiger partial charge in [0.25, 0.3) is 0 Å². The highest BCUT2D eigenvalue weighted by Crippen LogP contribution is 2.32. The molecule has 0 bridgehead atoms. The average molecular weight is 507 g/mol. The summed E-state index contributed by atoms with van der Waals surface area (Å²) in [6.45, 7) is 6.11. The Balaban J connectivity index is 0.000000414. The standard InChI is InChI=1S/C23H20F2N4.C4H4O4/c1-23(2,3)29-22-18-11-14(17-8-7-16(24)12-19(17)25)6-9-20(18)27-21(28-22)15-5-4-10-26-13-15;5-3(6)1-2-4(7)8/h4-13H,1-3H3,(H,27,28,29);1-2H,(H,5,6)(H,7,8). The lowest BCUT2D eigenvalue weighted by molar-refractivity contribution is -0.134. The summed E-state index contributed by atoms with van der Waals surface area (Å²) in [5.41, 5.74) is 2.23. The number of nitrogens with zero attached hydrogens (tertiary/aromatic N) is 3. The fourth-order valence-electron chi connectivity index (χ4n) is 3.24. The normalized spacial score (nSPS) is 11.2. The van der Waals surface area contributed by atoms with Gasteiger partial charge in [0.2, 0.25) is 0 Å². The van der Waals surface area contributed by atoms with Crippen molar-refractivity contribution in [1.29, 1.82) is 0 Å². The Morgan fingerprint density at radius 1 is 0.919 bits per heavy atom. The highest BCUT2D eigenvalue weighted by molar-refractivity contribution is 5.94. The zero-order chi connectivity index (χ0) is 27.2. The highest BCUT2D eigenvalue weighted by atomic mass is 19.1. The van der Waals surface area contributed by atoms with Gasteiger partial charge >= 0.3 is 11.9 Å². The molecule has 0 saturated carbocycles. The van der Waals surface area contributed by atoms with E-state index >= 15 is 0 Å². The summed E-state index contributed by atoms with van der Waals surface area (Å²) in [6.07, 6.45) is 4.53. The van der Waals surface area contributed by atoms with Crippen LogP contribution in [0.15, 0.2) is 73.1 Å². The van der Waals surface area contributed by atoms with E-state index in [2.05, 4.69) is 15.3 Å². The van der Waals surface area contributed by atoms with Crippen LogP contribution < -0.4 is 5.32 Å². The van der Waals surface area contributed by atoms with Gasteiger partial charge in [0.15, 0.2) is 5.82 Å². The van der Waals surface area contributed by atoms with Gasteiger partial charge in [-0.3, -0.25) is 4.98 Å². The van der Waals surface area contributed by atoms with Gasteiger partial charge in [0.05, 0.1) is 5.52 Å². The van der Waals surface area contributed by atoms with E-state index in [9.17, 15) is 18.4 Å². The molecule has 0 amide bonds. The molecule has 0 atom stereocenters. The zero-order valence-electron chi connectivity index (χ0n) is 20.2. The summed E-state index contributed by atoms with van der Waals surface area (Å²) < 4.78 is 27.6. The largest absolute Gasteiger partial charge is 0.478 e. The van der Waals surface area contributed by atoms with Gasteiger partial charge in [-0.05, 0) is 62.7 Å². The highest BCUT2D eigenvalue weighted by Gasteiger charge is 2.17. The number of benzene rings is 2. The Kier molecular flexibility index (Phi) is 8.23. The van der Waals surface area contributed by atoms with E-state index < -0.39 is 23.6 Å². The Morgan fingerprint density at radius 3 is 2.19 bits per heavy atom. The molecule has 0 saturated heterocycles. The van der Waals surface area contributed by atoms with Crippen molar-refractivity contribution < 1.29 is 28.6 Å². The molecule has 0 aliphatic heterocycles. The first kappa shape index (κ1) is 26.9. The SMILES string of the molecule is CC(C)(C)Nc1nc(-c2cccnc2)nc2ccc(-c3ccc(F)cc3F)cc12.O=C(O)C=CC(=O)O. The molecule has 8 nitrogen and oxygen atoms in total. The van der Waals surface area contributed by atoms with Gasteiger partial charge in [-0.15, -0.1) is 0 Å². The average Bonchev–Trinajstić information content (AvgIpc) is 2.82. The monoisotopic (exact) mass is 506 g/mol. The third kappa shape index (κ3) is 7.63. The Morgan fingerprint density at radius 2 is 1.62 bits per heavy atom. The van der Waals surface area contributed by atoms with Crippen LogP contribution >= 0.6 is 0 Å². The van der Waals surface area contributed by atoms with E-state index in [0.717, 1.165) is 22.5 Å². The molecule has 190 valence electrons. The lowest BCUT2D eigenvalue weighted by Gasteiger charge is -2.23. The molecular weight excluding hydrogens is 482 g/mol. The van der Waals surface area contributed by atoms with Crippen LogP contribution in [0, 0.1) is 11.6 Å². The Hall–Kier alpha value is -4.73. The number of nitrogens with one attached hydrogen (secondary N) is 1. The molecule has 0 aliphatic carbocycles. The van der Waals surface area contributed by atoms with Crippen molar-refractivity contribution in [3.63, 3.8) is 0 Å². The molecule has 0 unspecified atom stereocenters. The van der Waals surface area contributed by atoms with Crippen LogP contribution in [0.25, 0.3) is 33.4 Å². The molecule has 0 aliphatic rings. The zero-order valence-corrected chi connectivity index (χ0v) is 20.2. The maximum Gasteiger partial charge on any atom is 0.328 e. The molecule has 3 N–H and O–H groups in total. The lowest BCUT2D eigenvalue weighted by atomic mass is 10.0. The summed E-state index contributed by atoms with van der Waals surface area (Å²) in [4.78, 5) is 32.6. The molecule has 37 heavy (non-hydrogen) atoms. The number of hydrogen-bond acceptors (Lipinski definition) is 6. The Bertz CT molecular complexity index is 1450.